The lowest BCUT2D eigenvalue weighted by Gasteiger charge is -2.38. The number of ether oxygens (including phenoxy) is 1. The van der Waals surface area contributed by atoms with Crippen LogP contribution in [0.25, 0.3) is 5.57 Å². The van der Waals surface area contributed by atoms with Gasteiger partial charge in [-0.3, -0.25) is 4.79 Å². The van der Waals surface area contributed by atoms with Crippen molar-refractivity contribution in [1.82, 2.24) is 5.32 Å². The van der Waals surface area contributed by atoms with Gasteiger partial charge in [-0.1, -0.05) is 66.7 Å². The van der Waals surface area contributed by atoms with E-state index in [-0.39, 0.29) is 12.2 Å². The van der Waals surface area contributed by atoms with Gasteiger partial charge in [-0.2, -0.15) is 0 Å². The Balaban J connectivity index is 2.24. The van der Waals surface area contributed by atoms with E-state index in [0.29, 0.717) is 13.0 Å². The molecule has 9 heteroatoms. The minimum atomic E-state index is -2.40. The highest BCUT2D eigenvalue weighted by atomic mass is 28.5. The molecule has 39 heavy (non-hydrogen) atoms. The van der Waals surface area contributed by atoms with Crippen LogP contribution >= 0.6 is 0 Å². The molecule has 0 atom stereocenters. The van der Waals surface area contributed by atoms with Crippen molar-refractivity contribution in [3.8, 4) is 0 Å². The quantitative estimate of drug-likeness (QED) is 0.0499. The highest BCUT2D eigenvalue weighted by molar-refractivity contribution is 6.87. The fourth-order valence-electron chi connectivity index (χ4n) is 4.33. The van der Waals surface area contributed by atoms with E-state index in [9.17, 15) is 9.59 Å². The van der Waals surface area contributed by atoms with Crippen LogP contribution in [0.1, 0.15) is 24.5 Å². The van der Waals surface area contributed by atoms with Crippen LogP contribution in [0.5, 0.6) is 0 Å². The second kappa shape index (κ2) is 14.7. The third-order valence-corrected chi connectivity index (χ3v) is 15.1. The lowest BCUT2D eigenvalue weighted by atomic mass is 9.97. The predicted octanol–water partition coefficient (Wildman–Crippen LogP) is 6.89. The molecule has 0 aliphatic rings. The Labute approximate surface area is 238 Å². The van der Waals surface area contributed by atoms with Crippen LogP contribution in [0.4, 0.5) is 0 Å². The molecule has 2 aromatic rings. The molecule has 2 aromatic carbocycles. The zero-order valence-electron chi connectivity index (χ0n) is 24.8. The zero-order valence-corrected chi connectivity index (χ0v) is 27.8. The van der Waals surface area contributed by atoms with Crippen LogP contribution in [-0.2, 0) is 22.6 Å². The Bertz CT molecular complexity index is 1080. The summed E-state index contributed by atoms with van der Waals surface area (Å²) < 4.78 is 18.3. The molecule has 0 saturated carbocycles. The lowest BCUT2D eigenvalue weighted by molar-refractivity contribution is -0.140. The minimum Gasteiger partial charge on any atom is -0.462 e. The van der Waals surface area contributed by atoms with Crippen molar-refractivity contribution < 1.29 is 22.6 Å². The number of amides is 1. The fraction of sp³-hybridized carbons (Fsp3) is 0.400. The van der Waals surface area contributed by atoms with Gasteiger partial charge in [-0.05, 0) is 88.0 Å². The summed E-state index contributed by atoms with van der Waals surface area (Å²) in [4.78, 5) is 26.0. The highest BCUT2D eigenvalue weighted by Gasteiger charge is 2.39. The van der Waals surface area contributed by atoms with Gasteiger partial charge in [-0.25, -0.2) is 4.79 Å². The van der Waals surface area contributed by atoms with Crippen molar-refractivity contribution in [1.29, 1.82) is 0 Å². The maximum atomic E-state index is 13.2. The second-order valence-corrected chi connectivity index (χ2v) is 24.4. The maximum absolute atomic E-state index is 13.2. The van der Waals surface area contributed by atoms with Gasteiger partial charge < -0.3 is 18.3 Å². The summed E-state index contributed by atoms with van der Waals surface area (Å²) in [5.74, 6) is -1.10. The lowest BCUT2D eigenvalue weighted by Crippen LogP contribution is -2.52. The number of allylic oxidation sites excluding steroid dienone is 2. The van der Waals surface area contributed by atoms with E-state index < -0.39 is 37.1 Å². The summed E-state index contributed by atoms with van der Waals surface area (Å²) in [5.41, 5.74) is 2.84. The van der Waals surface area contributed by atoms with Crippen molar-refractivity contribution in [2.24, 2.45) is 0 Å². The van der Waals surface area contributed by atoms with Gasteiger partial charge in [0.25, 0.3) is 5.91 Å². The molecule has 0 aliphatic carbocycles. The van der Waals surface area contributed by atoms with E-state index in [1.54, 1.807) is 13.0 Å². The number of esters is 1. The van der Waals surface area contributed by atoms with Crippen molar-refractivity contribution in [2.75, 3.05) is 13.2 Å². The Morgan fingerprint density at radius 1 is 0.769 bits per heavy atom. The van der Waals surface area contributed by atoms with Gasteiger partial charge in [0.15, 0.2) is 16.6 Å². The summed E-state index contributed by atoms with van der Waals surface area (Å²) in [5, 5.41) is 2.92. The number of carbonyl (C=O) groups excluding carboxylic acids is 2. The van der Waals surface area contributed by atoms with E-state index in [1.165, 1.54) is 0 Å². The Hall–Kier alpha value is -2.57. The third kappa shape index (κ3) is 12.0. The van der Waals surface area contributed by atoms with Gasteiger partial charge in [-0.15, -0.1) is 0 Å². The van der Waals surface area contributed by atoms with Crippen molar-refractivity contribution in [2.45, 2.75) is 65.2 Å². The van der Waals surface area contributed by atoms with Gasteiger partial charge in [0.2, 0.25) is 0 Å². The summed E-state index contributed by atoms with van der Waals surface area (Å²) in [6.45, 7) is 17.5. The fourth-order valence-corrected chi connectivity index (χ4v) is 16.9. The molecule has 0 fully saturated rings. The highest BCUT2D eigenvalue weighted by Crippen LogP contribution is 2.26. The van der Waals surface area contributed by atoms with Crippen LogP contribution < -0.4 is 5.32 Å². The predicted molar refractivity (Wildman–Crippen MR) is 168 cm³/mol. The summed E-state index contributed by atoms with van der Waals surface area (Å²) >= 11 is 0. The summed E-state index contributed by atoms with van der Waals surface area (Å²) in [7, 11) is -6.00. The number of carbonyl (C=O) groups is 2. The van der Waals surface area contributed by atoms with Crippen LogP contribution in [0.15, 0.2) is 78.4 Å². The van der Waals surface area contributed by atoms with E-state index in [4.69, 9.17) is 13.0 Å². The number of hydrogen-bond acceptors (Lipinski definition) is 5. The molecule has 0 aromatic heterocycles. The Kier molecular flexibility index (Phi) is 12.3. The third-order valence-electron chi connectivity index (χ3n) is 5.46. The first-order valence-electron chi connectivity index (χ1n) is 13.6. The van der Waals surface area contributed by atoms with Crippen molar-refractivity contribution in [3.05, 3.63) is 89.5 Å². The molecule has 0 heterocycles. The molecule has 1 N–H and O–H groups in total. The molecule has 0 spiro atoms. The molecule has 0 saturated heterocycles. The van der Waals surface area contributed by atoms with Crippen LogP contribution in [-0.4, -0.2) is 50.2 Å². The van der Waals surface area contributed by atoms with Gasteiger partial charge in [0, 0.05) is 6.54 Å². The largest absolute Gasteiger partial charge is 0.462 e. The van der Waals surface area contributed by atoms with Crippen molar-refractivity contribution >= 4 is 42.6 Å². The molecular weight excluding hydrogens is 539 g/mol. The number of hydrogen-bond donors (Lipinski definition) is 1. The first-order valence-corrected chi connectivity index (χ1v) is 23.0. The maximum Gasteiger partial charge on any atom is 0.343 e. The monoisotopic (exact) mass is 583 g/mol. The number of nitrogens with one attached hydrogen (secondary N) is 1. The van der Waals surface area contributed by atoms with E-state index in [0.717, 1.165) is 22.7 Å². The molecule has 0 bridgehead atoms. The number of benzene rings is 2. The first-order chi connectivity index (χ1) is 18.2. The van der Waals surface area contributed by atoms with Crippen LogP contribution in [0, 0.1) is 0 Å². The Morgan fingerprint density at radius 2 is 1.26 bits per heavy atom. The van der Waals surface area contributed by atoms with E-state index >= 15 is 0 Å². The molecule has 0 aliphatic heterocycles. The van der Waals surface area contributed by atoms with E-state index in [2.05, 4.69) is 51.1 Å². The smallest absolute Gasteiger partial charge is 0.343 e. The zero-order chi connectivity index (χ0) is 29.1. The molecule has 212 valence electrons. The second-order valence-electron chi connectivity index (χ2n) is 11.5. The average molecular weight is 584 g/mol. The van der Waals surface area contributed by atoms with E-state index in [1.807, 2.05) is 66.7 Å². The van der Waals surface area contributed by atoms with Gasteiger partial charge >= 0.3 is 14.5 Å². The molecule has 2 rings (SSSR count). The summed E-state index contributed by atoms with van der Waals surface area (Å²) in [6, 6.07) is 20.5. The molecular formula is C30H45NO5Si3. The van der Waals surface area contributed by atoms with Crippen LogP contribution in [0.2, 0.25) is 51.9 Å². The number of rotatable bonds is 14. The molecule has 6 nitrogen and oxygen atoms in total. The topological polar surface area (TPSA) is 73.9 Å². The average Bonchev–Trinajstić information content (AvgIpc) is 2.83. The van der Waals surface area contributed by atoms with Crippen molar-refractivity contribution in [3.63, 3.8) is 0 Å². The SMILES string of the molecule is CCOC(=O)/C(=C/C=C(c1ccccc1)c1ccccc1)C(=O)NCCC[Si](C)(O[Si](C)(C)C)O[Si](C)(C)C. The molecule has 0 radical (unpaired) electrons. The van der Waals surface area contributed by atoms with Crippen LogP contribution in [0.3, 0.4) is 0 Å². The van der Waals surface area contributed by atoms with Gasteiger partial charge in [0.05, 0.1) is 6.61 Å². The standard InChI is InChI=1S/C30H45NO5Si3/c1-9-34-30(33)28(22-21-27(25-17-12-10-13-18-25)26-19-14-11-15-20-26)29(32)31-23-16-24-39(8,35-37(2,3)4)36-38(5,6)7/h10-15,17-22H,9,16,23-24H2,1-8H3,(H,31,32)/b28-22+. The molecule has 1 amide bonds. The normalized spacial score (nSPS) is 12.6. The van der Waals surface area contributed by atoms with Gasteiger partial charge in [0.1, 0.15) is 5.57 Å². The molecule has 0 unspecified atom stereocenters. The summed E-state index contributed by atoms with van der Waals surface area (Å²) in [6.07, 6.45) is 4.07. The minimum absolute atomic E-state index is 0.0297. The first kappa shape index (κ1) is 32.6. The Morgan fingerprint density at radius 3 is 1.69 bits per heavy atom.